The summed E-state index contributed by atoms with van der Waals surface area (Å²) in [4.78, 5) is 13.8. The second-order valence-electron chi connectivity index (χ2n) is 7.43. The second-order valence-corrected chi connectivity index (χ2v) is 9.37. The van der Waals surface area contributed by atoms with Gasteiger partial charge in [-0.3, -0.25) is 4.79 Å². The molecule has 2 aromatic carbocycles. The van der Waals surface area contributed by atoms with Crippen molar-refractivity contribution >= 4 is 15.9 Å². The van der Waals surface area contributed by atoms with Gasteiger partial charge in [-0.05, 0) is 42.0 Å². The minimum atomic E-state index is -3.78. The molecular weight excluding hydrogens is 395 g/mol. The van der Waals surface area contributed by atoms with Gasteiger partial charge in [0.15, 0.2) is 0 Å². The number of rotatable bonds is 5. The van der Waals surface area contributed by atoms with E-state index in [-0.39, 0.29) is 36.4 Å². The van der Waals surface area contributed by atoms with E-state index < -0.39 is 15.8 Å². The number of ether oxygens (including phenoxy) is 1. The predicted molar refractivity (Wildman–Crippen MR) is 107 cm³/mol. The predicted octanol–water partition coefficient (Wildman–Crippen LogP) is 3.02. The lowest BCUT2D eigenvalue weighted by atomic mass is 10.1. The standard InChI is InChI=1S/C21H25FN2O4S/c1-15(2)21(25)23(3)13-16-4-9-20-17(12-16)14-24(10-11-28-20)29(26,27)19-7-5-18(22)6-8-19/h4-9,12,15H,10-11,13-14H2,1-3H3. The van der Waals surface area contributed by atoms with Gasteiger partial charge in [-0.1, -0.05) is 19.9 Å². The van der Waals surface area contributed by atoms with E-state index in [9.17, 15) is 17.6 Å². The maximum Gasteiger partial charge on any atom is 0.243 e. The van der Waals surface area contributed by atoms with Crippen molar-refractivity contribution in [2.45, 2.75) is 31.8 Å². The fourth-order valence-electron chi connectivity index (χ4n) is 3.28. The Morgan fingerprint density at radius 2 is 1.90 bits per heavy atom. The summed E-state index contributed by atoms with van der Waals surface area (Å²) < 4.78 is 46.2. The number of nitrogens with zero attached hydrogens (tertiary/aromatic N) is 2. The van der Waals surface area contributed by atoms with Gasteiger partial charge in [0, 0.05) is 38.2 Å². The van der Waals surface area contributed by atoms with Gasteiger partial charge in [0.25, 0.3) is 0 Å². The molecule has 1 aliphatic heterocycles. The van der Waals surface area contributed by atoms with Crippen LogP contribution in [0.25, 0.3) is 0 Å². The Hall–Kier alpha value is -2.45. The summed E-state index contributed by atoms with van der Waals surface area (Å²) >= 11 is 0. The van der Waals surface area contributed by atoms with E-state index in [1.165, 1.54) is 16.4 Å². The highest BCUT2D eigenvalue weighted by Gasteiger charge is 2.28. The Bertz CT molecular complexity index is 990. The molecule has 1 aliphatic rings. The fraction of sp³-hybridized carbons (Fsp3) is 0.381. The first-order valence-corrected chi connectivity index (χ1v) is 10.9. The molecule has 3 rings (SSSR count). The van der Waals surface area contributed by atoms with Crippen LogP contribution in [0.3, 0.4) is 0 Å². The molecule has 0 saturated heterocycles. The van der Waals surface area contributed by atoms with Gasteiger partial charge in [0.05, 0.1) is 4.90 Å². The molecule has 156 valence electrons. The number of amides is 1. The van der Waals surface area contributed by atoms with Crippen molar-refractivity contribution in [3.05, 3.63) is 59.4 Å². The number of benzene rings is 2. The number of carbonyl (C=O) groups excluding carboxylic acids is 1. The van der Waals surface area contributed by atoms with E-state index in [2.05, 4.69) is 0 Å². The van der Waals surface area contributed by atoms with Gasteiger partial charge < -0.3 is 9.64 Å². The molecule has 0 radical (unpaired) electrons. The van der Waals surface area contributed by atoms with Gasteiger partial charge in [-0.25, -0.2) is 12.8 Å². The molecular formula is C21H25FN2O4S. The van der Waals surface area contributed by atoms with Crippen LogP contribution in [0.4, 0.5) is 4.39 Å². The Morgan fingerprint density at radius 3 is 2.55 bits per heavy atom. The molecule has 1 heterocycles. The first-order chi connectivity index (χ1) is 13.7. The molecule has 0 spiro atoms. The summed E-state index contributed by atoms with van der Waals surface area (Å²) in [6, 6.07) is 10.4. The summed E-state index contributed by atoms with van der Waals surface area (Å²) in [5.41, 5.74) is 1.63. The van der Waals surface area contributed by atoms with Crippen LogP contribution in [0.5, 0.6) is 5.75 Å². The third kappa shape index (κ3) is 4.76. The molecule has 0 aliphatic carbocycles. The third-order valence-electron chi connectivity index (χ3n) is 4.81. The monoisotopic (exact) mass is 420 g/mol. The maximum absolute atomic E-state index is 13.2. The minimum absolute atomic E-state index is 0.0386. The van der Waals surface area contributed by atoms with Crippen LogP contribution in [-0.2, 0) is 27.9 Å². The van der Waals surface area contributed by atoms with E-state index in [0.29, 0.717) is 12.3 Å². The van der Waals surface area contributed by atoms with E-state index in [1.54, 1.807) is 11.9 Å². The molecule has 0 unspecified atom stereocenters. The number of hydrogen-bond acceptors (Lipinski definition) is 4. The zero-order chi connectivity index (χ0) is 21.2. The molecule has 0 atom stereocenters. The average Bonchev–Trinajstić information content (AvgIpc) is 2.90. The van der Waals surface area contributed by atoms with Crippen LogP contribution < -0.4 is 4.74 Å². The van der Waals surface area contributed by atoms with Gasteiger partial charge in [-0.2, -0.15) is 4.31 Å². The molecule has 1 amide bonds. The highest BCUT2D eigenvalue weighted by atomic mass is 32.2. The Kier molecular flexibility index (Phi) is 6.24. The van der Waals surface area contributed by atoms with Crippen molar-refractivity contribution < 1.29 is 22.3 Å². The first kappa shape index (κ1) is 21.3. The van der Waals surface area contributed by atoms with Crippen molar-refractivity contribution in [2.75, 3.05) is 20.2 Å². The van der Waals surface area contributed by atoms with Gasteiger partial charge >= 0.3 is 0 Å². The lowest BCUT2D eigenvalue weighted by molar-refractivity contribution is -0.133. The minimum Gasteiger partial charge on any atom is -0.492 e. The molecule has 0 fully saturated rings. The molecule has 0 aromatic heterocycles. The number of carbonyl (C=O) groups is 1. The SMILES string of the molecule is CC(C)C(=O)N(C)Cc1ccc2c(c1)CN(S(=O)(=O)c1ccc(F)cc1)CCO2. The number of hydrogen-bond donors (Lipinski definition) is 0. The van der Waals surface area contributed by atoms with Crippen LogP contribution in [0, 0.1) is 11.7 Å². The summed E-state index contributed by atoms with van der Waals surface area (Å²) in [5.74, 6) is 0.0822. The fourth-order valence-corrected chi connectivity index (χ4v) is 4.68. The van der Waals surface area contributed by atoms with E-state index >= 15 is 0 Å². The van der Waals surface area contributed by atoms with Crippen LogP contribution in [0.15, 0.2) is 47.4 Å². The molecule has 2 aromatic rings. The van der Waals surface area contributed by atoms with Crippen molar-refractivity contribution in [3.8, 4) is 5.75 Å². The maximum atomic E-state index is 13.2. The topological polar surface area (TPSA) is 66.9 Å². The van der Waals surface area contributed by atoms with E-state index in [1.807, 2.05) is 32.0 Å². The first-order valence-electron chi connectivity index (χ1n) is 9.44. The Balaban J connectivity index is 1.84. The summed E-state index contributed by atoms with van der Waals surface area (Å²) in [5, 5.41) is 0. The van der Waals surface area contributed by atoms with Crippen LogP contribution in [-0.4, -0.2) is 43.7 Å². The molecule has 6 nitrogen and oxygen atoms in total. The highest BCUT2D eigenvalue weighted by molar-refractivity contribution is 7.89. The van der Waals surface area contributed by atoms with Crippen molar-refractivity contribution in [3.63, 3.8) is 0 Å². The summed E-state index contributed by atoms with van der Waals surface area (Å²) in [6.45, 7) is 4.68. The molecule has 0 saturated carbocycles. The van der Waals surface area contributed by atoms with Crippen molar-refractivity contribution in [1.82, 2.24) is 9.21 Å². The van der Waals surface area contributed by atoms with E-state index in [4.69, 9.17) is 4.74 Å². The zero-order valence-corrected chi connectivity index (χ0v) is 17.6. The van der Waals surface area contributed by atoms with Crippen molar-refractivity contribution in [1.29, 1.82) is 0 Å². The Morgan fingerprint density at radius 1 is 1.21 bits per heavy atom. The number of halogens is 1. The second kappa shape index (κ2) is 8.51. The lowest BCUT2D eigenvalue weighted by Crippen LogP contribution is -2.32. The molecule has 0 bridgehead atoms. The van der Waals surface area contributed by atoms with Crippen LogP contribution >= 0.6 is 0 Å². The van der Waals surface area contributed by atoms with Gasteiger partial charge in [-0.15, -0.1) is 0 Å². The zero-order valence-electron chi connectivity index (χ0n) is 16.8. The average molecular weight is 421 g/mol. The largest absolute Gasteiger partial charge is 0.492 e. The lowest BCUT2D eigenvalue weighted by Gasteiger charge is -2.21. The highest BCUT2D eigenvalue weighted by Crippen LogP contribution is 2.28. The smallest absolute Gasteiger partial charge is 0.243 e. The number of sulfonamides is 1. The van der Waals surface area contributed by atoms with Gasteiger partial charge in [0.1, 0.15) is 18.2 Å². The van der Waals surface area contributed by atoms with Crippen LogP contribution in [0.1, 0.15) is 25.0 Å². The third-order valence-corrected chi connectivity index (χ3v) is 6.67. The Labute approximate surface area is 170 Å². The number of fused-ring (bicyclic) bond motifs is 1. The quantitative estimate of drug-likeness (QED) is 0.746. The molecule has 0 N–H and O–H groups in total. The normalized spacial score (nSPS) is 14.8. The molecule has 8 heteroatoms. The van der Waals surface area contributed by atoms with E-state index in [0.717, 1.165) is 23.3 Å². The molecule has 29 heavy (non-hydrogen) atoms. The van der Waals surface area contributed by atoms with Gasteiger partial charge in [0.2, 0.25) is 15.9 Å². The summed E-state index contributed by atoms with van der Waals surface area (Å²) in [7, 11) is -2.04. The van der Waals surface area contributed by atoms with Crippen molar-refractivity contribution in [2.24, 2.45) is 5.92 Å². The van der Waals surface area contributed by atoms with Crippen LogP contribution in [0.2, 0.25) is 0 Å². The summed E-state index contributed by atoms with van der Waals surface area (Å²) in [6.07, 6.45) is 0.